The summed E-state index contributed by atoms with van der Waals surface area (Å²) in [6.07, 6.45) is 86.1. The summed E-state index contributed by atoms with van der Waals surface area (Å²) < 4.78 is 34.8. The largest absolute Gasteiger partial charge is 0.472 e. The van der Waals surface area contributed by atoms with Gasteiger partial charge < -0.3 is 18.9 Å². The van der Waals surface area contributed by atoms with Gasteiger partial charge in [-0.25, -0.2) is 4.57 Å². The summed E-state index contributed by atoms with van der Waals surface area (Å²) in [5.41, 5.74) is 0. The van der Waals surface area contributed by atoms with Crippen molar-refractivity contribution in [3.8, 4) is 0 Å². The van der Waals surface area contributed by atoms with Crippen LogP contribution in [-0.2, 0) is 32.7 Å². The van der Waals surface area contributed by atoms with Crippen LogP contribution in [0.15, 0.2) is 60.8 Å². The van der Waals surface area contributed by atoms with Gasteiger partial charge >= 0.3 is 19.8 Å². The van der Waals surface area contributed by atoms with Crippen molar-refractivity contribution in [3.05, 3.63) is 60.8 Å². The zero-order valence-electron chi connectivity index (χ0n) is 56.1. The average Bonchev–Trinajstić information content (AvgIpc) is 3.61. The normalized spacial score (nSPS) is 13.5. The molecule has 0 aliphatic rings. The highest BCUT2D eigenvalue weighted by atomic mass is 31.2. The number of unbranched alkanes of at least 4 members (excludes halogenated alkanes) is 43. The van der Waals surface area contributed by atoms with Gasteiger partial charge in [0.1, 0.15) is 19.8 Å². The molecular weight excluding hydrogens is 1060 g/mol. The van der Waals surface area contributed by atoms with Crippen LogP contribution in [0.5, 0.6) is 0 Å². The van der Waals surface area contributed by atoms with E-state index in [1.54, 1.807) is 0 Å². The fraction of sp³-hybridized carbons (Fsp3) is 0.838. The molecule has 2 atom stereocenters. The van der Waals surface area contributed by atoms with Crippen molar-refractivity contribution in [3.63, 3.8) is 0 Å². The fourth-order valence-electron chi connectivity index (χ4n) is 10.5. The van der Waals surface area contributed by atoms with Gasteiger partial charge in [-0.2, -0.15) is 0 Å². The summed E-state index contributed by atoms with van der Waals surface area (Å²) in [5, 5.41) is 0. The lowest BCUT2D eigenvalue weighted by Crippen LogP contribution is -2.37. The Morgan fingerprint density at radius 1 is 0.369 bits per heavy atom. The van der Waals surface area contributed by atoms with E-state index in [2.05, 4.69) is 74.6 Å². The predicted molar refractivity (Wildman–Crippen MR) is 363 cm³/mol. The summed E-state index contributed by atoms with van der Waals surface area (Å²) in [4.78, 5) is 35.9. The molecule has 0 saturated carbocycles. The number of nitrogens with zero attached hydrogens (tertiary/aromatic N) is 1. The number of rotatable bonds is 67. The molecule has 0 radical (unpaired) electrons. The highest BCUT2D eigenvalue weighted by Crippen LogP contribution is 2.43. The molecule has 2 unspecified atom stereocenters. The minimum absolute atomic E-state index is 0.0324. The van der Waals surface area contributed by atoms with Gasteiger partial charge in [0, 0.05) is 12.8 Å². The number of phosphoric ester groups is 1. The minimum Gasteiger partial charge on any atom is -0.462 e. The maximum absolute atomic E-state index is 12.9. The van der Waals surface area contributed by atoms with E-state index in [0.717, 1.165) is 51.4 Å². The Bertz CT molecular complexity index is 1600. The number of allylic oxidation sites excluding steroid dienone is 10. The number of phosphoric acid groups is 1. The average molecular weight is 1200 g/mol. The van der Waals surface area contributed by atoms with Crippen LogP contribution in [0, 0.1) is 0 Å². The summed E-state index contributed by atoms with van der Waals surface area (Å²) in [7, 11) is 1.49. The van der Waals surface area contributed by atoms with E-state index in [1.807, 2.05) is 21.1 Å². The van der Waals surface area contributed by atoms with Gasteiger partial charge in [-0.05, 0) is 83.5 Å². The monoisotopic (exact) mass is 1200 g/mol. The van der Waals surface area contributed by atoms with Crippen LogP contribution in [0.1, 0.15) is 348 Å². The first kappa shape index (κ1) is 81.7. The number of likely N-dealkylation sites (N-methyl/N-ethyl adjacent to an activating group) is 1. The first-order chi connectivity index (χ1) is 41.0. The van der Waals surface area contributed by atoms with Crippen molar-refractivity contribution in [2.75, 3.05) is 47.5 Å². The molecule has 84 heavy (non-hydrogen) atoms. The third kappa shape index (κ3) is 68.8. The van der Waals surface area contributed by atoms with E-state index in [0.29, 0.717) is 23.9 Å². The third-order valence-corrected chi connectivity index (χ3v) is 17.0. The van der Waals surface area contributed by atoms with Crippen molar-refractivity contribution in [1.82, 2.24) is 0 Å². The van der Waals surface area contributed by atoms with Crippen molar-refractivity contribution in [2.45, 2.75) is 354 Å². The van der Waals surface area contributed by atoms with Crippen molar-refractivity contribution in [2.24, 2.45) is 0 Å². The van der Waals surface area contributed by atoms with Crippen LogP contribution in [0.3, 0.4) is 0 Å². The molecule has 0 aromatic carbocycles. The Balaban J connectivity index is 4.01. The van der Waals surface area contributed by atoms with E-state index >= 15 is 0 Å². The van der Waals surface area contributed by atoms with E-state index in [9.17, 15) is 19.0 Å². The van der Waals surface area contributed by atoms with Gasteiger partial charge in [0.05, 0.1) is 27.7 Å². The Hall–Kier alpha value is -2.29. The molecule has 0 bridgehead atoms. The van der Waals surface area contributed by atoms with Crippen LogP contribution >= 0.6 is 7.82 Å². The second kappa shape index (κ2) is 65.2. The number of hydrogen-bond acceptors (Lipinski definition) is 7. The lowest BCUT2D eigenvalue weighted by molar-refractivity contribution is -0.870. The number of ether oxygens (including phenoxy) is 2. The van der Waals surface area contributed by atoms with Crippen LogP contribution in [0.25, 0.3) is 0 Å². The molecule has 492 valence electrons. The van der Waals surface area contributed by atoms with Gasteiger partial charge in [-0.15, -0.1) is 0 Å². The number of carbonyl (C=O) groups is 2. The van der Waals surface area contributed by atoms with Gasteiger partial charge in [0.2, 0.25) is 0 Å². The first-order valence-corrected chi connectivity index (χ1v) is 37.5. The highest BCUT2D eigenvalue weighted by Gasteiger charge is 2.27. The second-order valence-corrected chi connectivity index (χ2v) is 27.1. The molecule has 0 aromatic rings. The van der Waals surface area contributed by atoms with Crippen LogP contribution in [-0.4, -0.2) is 74.9 Å². The molecule has 0 saturated heterocycles. The summed E-state index contributed by atoms with van der Waals surface area (Å²) in [6, 6.07) is 0. The molecule has 9 nitrogen and oxygen atoms in total. The SMILES string of the molecule is CCCCCCC/C=C\C/C=C\C/C=C\CCCCCCCCCCCCCCCCCCC(=O)OC(COC(=O)CCCCCCCCCCCCCCCCCCC/C=C\C/C=C\CCCCCCC)COP(=O)(O)OCC[N+](C)(C)C. The standard InChI is InChI=1S/C74H138NO8P/c1-6-8-10-12-14-16-18-20-22-24-26-28-30-32-34-36-37-39-41-43-45-47-49-51-53-55-57-59-61-63-65-67-74(77)83-72(71-82-84(78,79)81-69-68-75(3,4)5)70-80-73(76)66-64-62-60-58-56-54-52-50-48-46-44-42-40-38-35-33-31-29-27-25-23-21-19-17-15-13-11-9-7-2/h18-21,24-27,30,32,72H,6-17,22-23,28-29,31,33-71H2,1-5H3/p+1/b20-18-,21-19-,26-24-,27-25-,32-30-. The summed E-state index contributed by atoms with van der Waals surface area (Å²) in [5.74, 6) is -0.781. The second-order valence-electron chi connectivity index (χ2n) is 25.6. The molecular formula is C74H139NO8P+. The zero-order valence-corrected chi connectivity index (χ0v) is 57.0. The molecule has 10 heteroatoms. The van der Waals surface area contributed by atoms with E-state index in [-0.39, 0.29) is 25.6 Å². The van der Waals surface area contributed by atoms with Gasteiger partial charge in [-0.1, -0.05) is 312 Å². The van der Waals surface area contributed by atoms with E-state index < -0.39 is 26.5 Å². The number of esters is 2. The Morgan fingerprint density at radius 2 is 0.643 bits per heavy atom. The Morgan fingerprint density at radius 3 is 0.952 bits per heavy atom. The van der Waals surface area contributed by atoms with Gasteiger partial charge in [0.15, 0.2) is 6.10 Å². The van der Waals surface area contributed by atoms with Crippen LogP contribution < -0.4 is 0 Å². The van der Waals surface area contributed by atoms with E-state index in [1.165, 1.54) is 263 Å². The predicted octanol–water partition coefficient (Wildman–Crippen LogP) is 23.4. The van der Waals surface area contributed by atoms with Crippen LogP contribution in [0.2, 0.25) is 0 Å². The van der Waals surface area contributed by atoms with Crippen LogP contribution in [0.4, 0.5) is 0 Å². The summed E-state index contributed by atoms with van der Waals surface area (Å²) in [6.45, 7) is 4.47. The Labute approximate surface area is 521 Å². The smallest absolute Gasteiger partial charge is 0.462 e. The molecule has 0 fully saturated rings. The van der Waals surface area contributed by atoms with Crippen molar-refractivity contribution in [1.29, 1.82) is 0 Å². The minimum atomic E-state index is -4.39. The zero-order chi connectivity index (χ0) is 61.2. The quantitative estimate of drug-likeness (QED) is 0.0211. The van der Waals surface area contributed by atoms with Gasteiger partial charge in [-0.3, -0.25) is 18.6 Å². The van der Waals surface area contributed by atoms with Crippen molar-refractivity contribution < 1.29 is 42.1 Å². The lowest BCUT2D eigenvalue weighted by Gasteiger charge is -2.24. The molecule has 0 aromatic heterocycles. The number of carbonyl (C=O) groups excluding carboxylic acids is 2. The number of quaternary nitrogens is 1. The molecule has 0 amide bonds. The van der Waals surface area contributed by atoms with E-state index in [4.69, 9.17) is 18.5 Å². The van der Waals surface area contributed by atoms with Gasteiger partial charge in [0.25, 0.3) is 0 Å². The summed E-state index contributed by atoms with van der Waals surface area (Å²) >= 11 is 0. The maximum Gasteiger partial charge on any atom is 0.472 e. The Kier molecular flexibility index (Phi) is 63.4. The lowest BCUT2D eigenvalue weighted by atomic mass is 10.0. The first-order valence-electron chi connectivity index (χ1n) is 36.0. The van der Waals surface area contributed by atoms with Crippen molar-refractivity contribution >= 4 is 19.8 Å². The third-order valence-electron chi connectivity index (χ3n) is 16.0. The molecule has 0 aliphatic carbocycles. The molecule has 0 aliphatic heterocycles. The topological polar surface area (TPSA) is 108 Å². The molecule has 0 heterocycles. The highest BCUT2D eigenvalue weighted by molar-refractivity contribution is 7.47. The number of hydrogen-bond donors (Lipinski definition) is 1. The maximum atomic E-state index is 12.9. The molecule has 0 rings (SSSR count). The fourth-order valence-corrected chi connectivity index (χ4v) is 11.2. The molecule has 0 spiro atoms. The molecule has 1 N–H and O–H groups in total.